The summed E-state index contributed by atoms with van der Waals surface area (Å²) >= 11 is 0. The van der Waals surface area contributed by atoms with Crippen molar-refractivity contribution in [1.82, 2.24) is 0 Å². The van der Waals surface area contributed by atoms with E-state index in [-0.39, 0.29) is 0 Å². The molecule has 0 spiro atoms. The Hall–Kier alpha value is -23.3. The van der Waals surface area contributed by atoms with Crippen LogP contribution < -0.4 is 0 Å². The van der Waals surface area contributed by atoms with E-state index in [0.717, 1.165) is 0 Å². The van der Waals surface area contributed by atoms with Crippen LogP contribution in [0.1, 0.15) is 1.37 Å². The highest BCUT2D eigenvalue weighted by atomic mass is 13.7. The Kier molecular flexibility index (Phi) is 62.2. The molecule has 0 aliphatic carbocycles. The predicted molar refractivity (Wildman–Crippen MR) is 414 cm³/mol. The zero-order valence-electron chi connectivity index (χ0n) is 54.1. The van der Waals surface area contributed by atoms with E-state index >= 15 is 0 Å². The van der Waals surface area contributed by atoms with Crippen molar-refractivity contribution in [3.63, 3.8) is 0 Å². The van der Waals surface area contributed by atoms with Crippen LogP contribution in [0.5, 0.6) is 0 Å². The standard InChI is InChI=1S/C106H2/c1-3-5-7-9-11-13-15-17-19-21-23-25-27-29-31-33-35-37-39-41-43-45-47-49-51-53-55-57-59-61-63-65-67-69-71-73-75-77-79-81-83-85-87-89-91-93-95-97-99-101-103-105-106-104-102-100-98-96-94-92-90-88-86-84-82-80-78-76-74-72-70-68-66-64-62-60-58-56-54-52-50-48-46-44-42-40-38-36-34-32-30-28-26-24-22-20-18-16-14-12-10-8-6-4-2/h1-2H/i1T. The lowest BCUT2D eigenvalue weighted by Crippen LogP contribution is -1.57. The molecule has 426 valence electrons. The zero-order valence-corrected chi connectivity index (χ0v) is 53.1. The van der Waals surface area contributed by atoms with E-state index in [4.69, 9.17) is 7.79 Å². The molecule has 0 fully saturated rings. The van der Waals surface area contributed by atoms with Crippen molar-refractivity contribution in [3.05, 3.63) is 0 Å². The van der Waals surface area contributed by atoms with Gasteiger partial charge < -0.3 is 0 Å². The van der Waals surface area contributed by atoms with Gasteiger partial charge in [-0.25, -0.2) is 0 Å². The molecule has 0 saturated heterocycles. The van der Waals surface area contributed by atoms with Crippen LogP contribution in [-0.2, 0) is 0 Å². The van der Waals surface area contributed by atoms with E-state index in [2.05, 4.69) is 616 Å². The van der Waals surface area contributed by atoms with Gasteiger partial charge in [0.1, 0.15) is 1.37 Å². The van der Waals surface area contributed by atoms with Gasteiger partial charge in [-0.15, -0.1) is 12.8 Å². The molecule has 0 N–H and O–H groups in total. The van der Waals surface area contributed by atoms with E-state index in [9.17, 15) is 0 Å². The molecule has 0 aliphatic heterocycles. The second-order valence-electron chi connectivity index (χ2n) is 13.0. The van der Waals surface area contributed by atoms with Gasteiger partial charge in [0.15, 0.2) is 0 Å². The molecule has 0 aromatic rings. The van der Waals surface area contributed by atoms with Crippen LogP contribution in [0.4, 0.5) is 0 Å². The molecule has 0 atom stereocenters. The summed E-state index contributed by atoms with van der Waals surface area (Å²) in [6, 6.07) is 0. The van der Waals surface area contributed by atoms with E-state index in [1.165, 1.54) is 0 Å². The van der Waals surface area contributed by atoms with Crippen molar-refractivity contribution in [1.29, 1.82) is 0 Å². The van der Waals surface area contributed by atoms with Crippen molar-refractivity contribution in [2.45, 2.75) is 0 Å². The molecular formula is C106H2. The lowest BCUT2D eigenvalue weighted by molar-refractivity contribution is 2.31. The number of hydrogen-bond acceptors (Lipinski definition) is 0. The van der Waals surface area contributed by atoms with Gasteiger partial charge in [-0.05, 0) is 94.7 Å². The summed E-state index contributed by atoms with van der Waals surface area (Å²) in [4.78, 5) is 0. The maximum absolute atomic E-state index is 6.59. The van der Waals surface area contributed by atoms with E-state index in [1.54, 1.807) is 0 Å². The summed E-state index contributed by atoms with van der Waals surface area (Å²) in [6.07, 6.45) is 6.83. The van der Waals surface area contributed by atoms with Gasteiger partial charge in [0.05, 0.1) is 0 Å². The number of hydrogen-bond donors (Lipinski definition) is 0. The Bertz CT molecular complexity index is 7600. The van der Waals surface area contributed by atoms with Crippen molar-refractivity contribution >= 4 is 0 Å². The normalized spacial score (nSPS) is 4.01. The van der Waals surface area contributed by atoms with Crippen LogP contribution in [0.15, 0.2) is 0 Å². The second kappa shape index (κ2) is 81.7. The Morgan fingerprint density at radius 3 is 0.170 bits per heavy atom. The number of rotatable bonds is 0. The Balaban J connectivity index is 4.64. The monoisotopic (exact) mass is 1280 g/mol. The summed E-state index contributed by atoms with van der Waals surface area (Å²) in [5.74, 6) is 258. The van der Waals surface area contributed by atoms with Crippen LogP contribution >= 0.6 is 0 Å². The van der Waals surface area contributed by atoms with E-state index in [1.807, 2.05) is 6.40 Å². The van der Waals surface area contributed by atoms with Crippen molar-refractivity contribution in [2.24, 2.45) is 0 Å². The molecule has 0 unspecified atom stereocenters. The first-order valence-corrected chi connectivity index (χ1v) is 26.3. The Morgan fingerprint density at radius 1 is 0.0755 bits per heavy atom. The molecule has 0 nitrogen and oxygen atoms in total. The fraction of sp³-hybridized carbons (Fsp3) is 0. The third-order valence-corrected chi connectivity index (χ3v) is 6.45. The quantitative estimate of drug-likeness (QED) is 0.310. The number of terminal acetylenes is 2. The minimum absolute atomic E-state index is 1.87. The van der Waals surface area contributed by atoms with Crippen molar-refractivity contribution in [2.75, 3.05) is 0 Å². The summed E-state index contributed by atoms with van der Waals surface area (Å²) in [5, 5.41) is 0. The predicted octanol–water partition coefficient (Wildman–Crippen LogP) is 0.426. The van der Waals surface area contributed by atoms with Gasteiger partial charge in [-0.2, -0.15) is 0 Å². The molecule has 0 aromatic carbocycles. The fourth-order valence-corrected chi connectivity index (χ4v) is 3.19. The summed E-state index contributed by atoms with van der Waals surface area (Å²) in [6.45, 7) is 0. The maximum Gasteiger partial charge on any atom is 0.125 e. The molecule has 0 heteroatoms. The van der Waals surface area contributed by atoms with Crippen LogP contribution in [0, 0.1) is 629 Å². The fourth-order valence-electron chi connectivity index (χ4n) is 3.19. The van der Waals surface area contributed by atoms with Gasteiger partial charge >= 0.3 is 0 Å². The average molecular weight is 1280 g/mol. The third-order valence-electron chi connectivity index (χ3n) is 6.45. The summed E-state index contributed by atoms with van der Waals surface area (Å²) < 4.78 is 6.59. The molecular weight excluding hydrogens is 1270 g/mol. The topological polar surface area (TPSA) is 0 Å². The molecule has 0 aromatic heterocycles. The van der Waals surface area contributed by atoms with E-state index in [0.29, 0.717) is 0 Å². The minimum atomic E-state index is 1.87. The maximum atomic E-state index is 6.59. The van der Waals surface area contributed by atoms with Gasteiger partial charge in [0.2, 0.25) is 0 Å². The molecule has 0 heterocycles. The zero-order chi connectivity index (χ0) is 76.2. The minimum Gasteiger partial charge on any atom is -0.106 e. The lowest BCUT2D eigenvalue weighted by atomic mass is 10.4. The summed E-state index contributed by atoms with van der Waals surface area (Å²) in [7, 11) is 0. The van der Waals surface area contributed by atoms with Crippen LogP contribution in [0.2, 0.25) is 0 Å². The molecule has 0 aliphatic rings. The Morgan fingerprint density at radius 2 is 0.123 bits per heavy atom. The highest BCUT2D eigenvalue weighted by molar-refractivity contribution is 5.56. The Labute approximate surface area is 625 Å². The second-order valence-corrected chi connectivity index (χ2v) is 13.0. The van der Waals surface area contributed by atoms with Crippen molar-refractivity contribution < 1.29 is 1.37 Å². The van der Waals surface area contributed by atoms with Gasteiger partial charge in [-0.1, -0.05) is 0 Å². The highest BCUT2D eigenvalue weighted by Crippen LogP contribution is 1.68. The van der Waals surface area contributed by atoms with Gasteiger partial charge in [0, 0.05) is 521 Å². The lowest BCUT2D eigenvalue weighted by Gasteiger charge is -1.58. The highest BCUT2D eigenvalue weighted by Gasteiger charge is 1.68. The van der Waals surface area contributed by atoms with Crippen LogP contribution in [-0.4, -0.2) is 0 Å². The first kappa shape index (κ1) is 80.7. The smallest absolute Gasteiger partial charge is 0.106 e. The molecule has 0 saturated carbocycles. The molecule has 106 heavy (non-hydrogen) atoms. The third kappa shape index (κ3) is 80.7. The first-order chi connectivity index (χ1) is 53.4. The first-order valence-electron chi connectivity index (χ1n) is 26.8. The summed E-state index contributed by atoms with van der Waals surface area (Å²) in [5.41, 5.74) is 0. The van der Waals surface area contributed by atoms with Crippen LogP contribution in [0.3, 0.4) is 0 Å². The molecule has 0 radical (unpaired) electrons. The van der Waals surface area contributed by atoms with Gasteiger partial charge in [0.25, 0.3) is 0 Å². The van der Waals surface area contributed by atoms with Crippen LogP contribution in [0.25, 0.3) is 0 Å². The molecule has 0 rings (SSSR count). The molecule has 0 bridgehead atoms. The van der Waals surface area contributed by atoms with Gasteiger partial charge in [-0.3, -0.25) is 0 Å². The largest absolute Gasteiger partial charge is 0.125 e. The van der Waals surface area contributed by atoms with E-state index < -0.39 is 0 Å². The average Bonchev–Trinajstić information content (AvgIpc) is 3.82. The SMILES string of the molecule is [3H]C#CC#CC#CC#CC#CC#CC#CC#CC#CC#CC#CC#CC#CC#CC#CC#CC#CC#CC#CC#CC#CC#CC#CC#CC#CC#CC#CC#CC#CC#CC#CC#CC#CC#CC#CC#CC#CC#CC#CC#CC#CC#CC#CC#CC#CC#CC#CC#CC#CC#CC#CC#CC#C. The van der Waals surface area contributed by atoms with Crippen molar-refractivity contribution in [3.8, 4) is 629 Å². The molecule has 0 amide bonds.